The molecule has 0 radical (unpaired) electrons. The Balaban J connectivity index is 2.77. The van der Waals surface area contributed by atoms with Crippen molar-refractivity contribution in [3.63, 3.8) is 0 Å². The SMILES string of the molecule is CCCNCc1cc(S(=O)(=O)N(C)C(C)CSC)cs1. The van der Waals surface area contributed by atoms with E-state index in [-0.39, 0.29) is 6.04 Å². The van der Waals surface area contributed by atoms with Crippen molar-refractivity contribution in [2.45, 2.75) is 37.8 Å². The van der Waals surface area contributed by atoms with E-state index < -0.39 is 10.0 Å². The fourth-order valence-corrected chi connectivity index (χ4v) is 5.12. The van der Waals surface area contributed by atoms with E-state index in [1.807, 2.05) is 13.2 Å². The van der Waals surface area contributed by atoms with E-state index in [0.29, 0.717) is 4.90 Å². The highest BCUT2D eigenvalue weighted by molar-refractivity contribution is 7.98. The van der Waals surface area contributed by atoms with Crippen molar-refractivity contribution in [1.29, 1.82) is 0 Å². The predicted molar refractivity (Wildman–Crippen MR) is 89.1 cm³/mol. The van der Waals surface area contributed by atoms with Gasteiger partial charge in [-0.15, -0.1) is 11.3 Å². The number of rotatable bonds is 9. The van der Waals surface area contributed by atoms with Gasteiger partial charge in [-0.05, 0) is 32.2 Å². The summed E-state index contributed by atoms with van der Waals surface area (Å²) < 4.78 is 26.5. The molecule has 0 spiro atoms. The Bertz CT molecular complexity index is 499. The standard InChI is InChI=1S/C13H24N2O2S3/c1-5-6-14-8-12-7-13(10-19-12)20(16,17)15(3)11(2)9-18-4/h7,10-11,14H,5-6,8-9H2,1-4H3. The molecule has 0 aliphatic carbocycles. The number of thioether (sulfide) groups is 1. The molecule has 0 saturated heterocycles. The highest BCUT2D eigenvalue weighted by Gasteiger charge is 2.26. The third-order valence-electron chi connectivity index (χ3n) is 3.06. The fourth-order valence-electron chi connectivity index (χ4n) is 1.73. The Morgan fingerprint density at radius 3 is 2.80 bits per heavy atom. The number of nitrogens with one attached hydrogen (secondary N) is 1. The lowest BCUT2D eigenvalue weighted by molar-refractivity contribution is 0.415. The van der Waals surface area contributed by atoms with Crippen molar-refractivity contribution in [3.8, 4) is 0 Å². The normalized spacial score (nSPS) is 13.8. The maximum atomic E-state index is 12.5. The molecule has 0 aromatic carbocycles. The van der Waals surface area contributed by atoms with Gasteiger partial charge in [0.15, 0.2) is 0 Å². The van der Waals surface area contributed by atoms with Crippen LogP contribution in [0.25, 0.3) is 0 Å². The van der Waals surface area contributed by atoms with Crippen molar-refractivity contribution in [3.05, 3.63) is 16.3 Å². The van der Waals surface area contributed by atoms with Crippen LogP contribution in [0.1, 0.15) is 25.1 Å². The van der Waals surface area contributed by atoms with Gasteiger partial charge < -0.3 is 5.32 Å². The minimum Gasteiger partial charge on any atom is -0.312 e. The van der Waals surface area contributed by atoms with E-state index in [0.717, 1.165) is 30.1 Å². The summed E-state index contributed by atoms with van der Waals surface area (Å²) in [6, 6.07) is 1.78. The highest BCUT2D eigenvalue weighted by Crippen LogP contribution is 2.23. The molecule has 4 nitrogen and oxygen atoms in total. The zero-order chi connectivity index (χ0) is 15.2. The molecule has 0 fully saturated rings. The van der Waals surface area contributed by atoms with Crippen molar-refractivity contribution < 1.29 is 8.42 Å². The van der Waals surface area contributed by atoms with Crippen molar-refractivity contribution in [2.75, 3.05) is 25.6 Å². The van der Waals surface area contributed by atoms with Crippen LogP contribution in [0.15, 0.2) is 16.3 Å². The van der Waals surface area contributed by atoms with E-state index in [1.165, 1.54) is 15.6 Å². The van der Waals surface area contributed by atoms with Gasteiger partial charge in [0.1, 0.15) is 0 Å². The van der Waals surface area contributed by atoms with Crippen LogP contribution in [0, 0.1) is 0 Å². The number of sulfonamides is 1. The van der Waals surface area contributed by atoms with Gasteiger partial charge in [0.05, 0.1) is 4.90 Å². The maximum absolute atomic E-state index is 12.5. The lowest BCUT2D eigenvalue weighted by atomic mass is 10.4. The van der Waals surface area contributed by atoms with Crippen LogP contribution in [0.5, 0.6) is 0 Å². The number of hydrogen-bond donors (Lipinski definition) is 1. The molecule has 1 heterocycles. The Labute approximate surface area is 131 Å². The van der Waals surface area contributed by atoms with Crippen molar-refractivity contribution in [2.24, 2.45) is 0 Å². The van der Waals surface area contributed by atoms with E-state index in [9.17, 15) is 8.42 Å². The van der Waals surface area contributed by atoms with Crippen molar-refractivity contribution in [1.82, 2.24) is 9.62 Å². The van der Waals surface area contributed by atoms with E-state index in [2.05, 4.69) is 12.2 Å². The van der Waals surface area contributed by atoms with E-state index >= 15 is 0 Å². The van der Waals surface area contributed by atoms with Crippen molar-refractivity contribution >= 4 is 33.1 Å². The molecule has 1 unspecified atom stereocenters. The lowest BCUT2D eigenvalue weighted by Crippen LogP contribution is -2.36. The lowest BCUT2D eigenvalue weighted by Gasteiger charge is -2.23. The number of hydrogen-bond acceptors (Lipinski definition) is 5. The molecule has 1 rings (SSSR count). The molecule has 1 atom stereocenters. The molecule has 0 aliphatic rings. The van der Waals surface area contributed by atoms with E-state index in [1.54, 1.807) is 30.3 Å². The molecular formula is C13H24N2O2S3. The molecule has 0 amide bonds. The van der Waals surface area contributed by atoms with Crippen LogP contribution < -0.4 is 5.32 Å². The topological polar surface area (TPSA) is 49.4 Å². The molecule has 0 aliphatic heterocycles. The molecule has 0 saturated carbocycles. The van der Waals surface area contributed by atoms with Crippen LogP contribution in [-0.4, -0.2) is 44.4 Å². The molecule has 20 heavy (non-hydrogen) atoms. The molecule has 1 aromatic rings. The van der Waals surface area contributed by atoms with Gasteiger partial charge in [-0.3, -0.25) is 0 Å². The Morgan fingerprint density at radius 1 is 1.50 bits per heavy atom. The second-order valence-corrected chi connectivity index (χ2v) is 8.66. The largest absolute Gasteiger partial charge is 0.312 e. The molecule has 116 valence electrons. The molecule has 1 N–H and O–H groups in total. The summed E-state index contributed by atoms with van der Waals surface area (Å²) in [7, 11) is -1.71. The maximum Gasteiger partial charge on any atom is 0.243 e. The number of nitrogens with zero attached hydrogens (tertiary/aromatic N) is 1. The average molecular weight is 337 g/mol. The van der Waals surface area contributed by atoms with Crippen LogP contribution in [-0.2, 0) is 16.6 Å². The smallest absolute Gasteiger partial charge is 0.243 e. The fraction of sp³-hybridized carbons (Fsp3) is 0.692. The molecule has 7 heteroatoms. The average Bonchev–Trinajstić information content (AvgIpc) is 2.88. The first-order chi connectivity index (χ1) is 9.43. The van der Waals surface area contributed by atoms with Gasteiger partial charge in [0, 0.05) is 35.6 Å². The summed E-state index contributed by atoms with van der Waals surface area (Å²) in [5.41, 5.74) is 0. The Hall–Kier alpha value is -0.0800. The van der Waals surface area contributed by atoms with Gasteiger partial charge in [0.25, 0.3) is 0 Å². The second kappa shape index (κ2) is 8.38. The van der Waals surface area contributed by atoms with Gasteiger partial charge in [0.2, 0.25) is 10.0 Å². The summed E-state index contributed by atoms with van der Waals surface area (Å²) in [6.07, 6.45) is 3.06. The highest BCUT2D eigenvalue weighted by atomic mass is 32.2. The monoisotopic (exact) mass is 336 g/mol. The summed E-state index contributed by atoms with van der Waals surface area (Å²) in [5, 5.41) is 5.02. The first-order valence-electron chi connectivity index (χ1n) is 6.68. The minimum atomic E-state index is -3.37. The third-order valence-corrected chi connectivity index (χ3v) is 6.91. The Kier molecular flexibility index (Phi) is 7.53. The zero-order valence-electron chi connectivity index (χ0n) is 12.5. The van der Waals surface area contributed by atoms with Gasteiger partial charge in [-0.25, -0.2) is 8.42 Å². The molecule has 0 bridgehead atoms. The van der Waals surface area contributed by atoms with Crippen LogP contribution in [0.2, 0.25) is 0 Å². The summed E-state index contributed by atoms with van der Waals surface area (Å²) in [6.45, 7) is 5.73. The zero-order valence-corrected chi connectivity index (χ0v) is 15.0. The van der Waals surface area contributed by atoms with Crippen LogP contribution in [0.4, 0.5) is 0 Å². The first kappa shape index (κ1) is 18.0. The van der Waals surface area contributed by atoms with E-state index in [4.69, 9.17) is 0 Å². The second-order valence-electron chi connectivity index (χ2n) is 4.75. The summed E-state index contributed by atoms with van der Waals surface area (Å²) in [5.74, 6) is 0.796. The first-order valence-corrected chi connectivity index (χ1v) is 10.4. The van der Waals surface area contributed by atoms with Gasteiger partial charge in [-0.2, -0.15) is 16.1 Å². The number of thiophene rings is 1. The molecule has 1 aromatic heterocycles. The third kappa shape index (κ3) is 4.73. The quantitative estimate of drug-likeness (QED) is 0.704. The predicted octanol–water partition coefficient (Wildman–Crippen LogP) is 2.62. The van der Waals surface area contributed by atoms with Crippen LogP contribution >= 0.6 is 23.1 Å². The van der Waals surface area contributed by atoms with Crippen LogP contribution in [0.3, 0.4) is 0 Å². The van der Waals surface area contributed by atoms with Gasteiger partial charge >= 0.3 is 0 Å². The summed E-state index contributed by atoms with van der Waals surface area (Å²) >= 11 is 3.15. The van der Waals surface area contributed by atoms with Gasteiger partial charge in [-0.1, -0.05) is 6.92 Å². The Morgan fingerprint density at radius 2 is 2.20 bits per heavy atom. The minimum absolute atomic E-state index is 0.00318. The molecular weight excluding hydrogens is 312 g/mol. The summed E-state index contributed by atoms with van der Waals surface area (Å²) in [4.78, 5) is 1.47.